The predicted molar refractivity (Wildman–Crippen MR) is 67.2 cm³/mol. The Morgan fingerprint density at radius 3 is 2.39 bits per heavy atom. The summed E-state index contributed by atoms with van der Waals surface area (Å²) in [6.45, 7) is 3.23. The fraction of sp³-hybridized carbons (Fsp3) is 0.385. The van der Waals surface area contributed by atoms with Crippen LogP contribution in [-0.2, 0) is 14.3 Å². The minimum atomic E-state index is -1.06. The van der Waals surface area contributed by atoms with Crippen LogP contribution in [0.1, 0.15) is 25.5 Å². The lowest BCUT2D eigenvalue weighted by atomic mass is 9.94. The molecule has 1 N–H and O–H groups in total. The molecular formula is C13H15ClO4. The van der Waals surface area contributed by atoms with E-state index in [-0.39, 0.29) is 6.61 Å². The predicted octanol–water partition coefficient (Wildman–Crippen LogP) is 2.14. The second-order valence-corrected chi connectivity index (χ2v) is 4.31. The van der Waals surface area contributed by atoms with Gasteiger partial charge in [-0.25, -0.2) is 4.79 Å². The van der Waals surface area contributed by atoms with Crippen LogP contribution in [0.3, 0.4) is 0 Å². The minimum absolute atomic E-state index is 0.133. The monoisotopic (exact) mass is 270 g/mol. The van der Waals surface area contributed by atoms with E-state index in [1.165, 1.54) is 6.92 Å². The molecule has 0 spiro atoms. The van der Waals surface area contributed by atoms with Gasteiger partial charge in [-0.1, -0.05) is 30.7 Å². The van der Waals surface area contributed by atoms with E-state index in [1.807, 2.05) is 0 Å². The molecule has 0 aliphatic rings. The maximum absolute atomic E-state index is 11.7. The van der Waals surface area contributed by atoms with Crippen molar-refractivity contribution in [2.24, 2.45) is 5.92 Å². The second kappa shape index (κ2) is 6.52. The molecule has 5 heteroatoms. The third kappa shape index (κ3) is 3.55. The Bertz CT molecular complexity index is 427. The van der Waals surface area contributed by atoms with Crippen molar-refractivity contribution in [2.75, 3.05) is 6.61 Å². The van der Waals surface area contributed by atoms with Gasteiger partial charge in [0.25, 0.3) is 0 Å². The van der Waals surface area contributed by atoms with Gasteiger partial charge in [-0.15, -0.1) is 0 Å². The number of carbonyl (C=O) groups is 2. The summed E-state index contributed by atoms with van der Waals surface area (Å²) in [6.07, 6.45) is -1.06. The number of halogens is 1. The Balaban J connectivity index is 2.77. The van der Waals surface area contributed by atoms with E-state index in [1.54, 1.807) is 31.2 Å². The molecule has 0 heterocycles. The van der Waals surface area contributed by atoms with Crippen molar-refractivity contribution in [3.8, 4) is 0 Å². The number of aliphatic hydroxyl groups excluding tert-OH is 1. The first-order valence-electron chi connectivity index (χ1n) is 5.61. The fourth-order valence-electron chi connectivity index (χ4n) is 1.48. The third-order valence-electron chi connectivity index (χ3n) is 2.58. The van der Waals surface area contributed by atoms with E-state index in [2.05, 4.69) is 4.74 Å². The molecule has 0 aliphatic carbocycles. The van der Waals surface area contributed by atoms with E-state index >= 15 is 0 Å². The van der Waals surface area contributed by atoms with E-state index in [0.29, 0.717) is 10.6 Å². The van der Waals surface area contributed by atoms with Crippen LogP contribution >= 0.6 is 11.6 Å². The van der Waals surface area contributed by atoms with Crippen molar-refractivity contribution in [3.05, 3.63) is 34.9 Å². The Kier molecular flexibility index (Phi) is 5.31. The number of hydrogen-bond acceptors (Lipinski definition) is 4. The Labute approximate surface area is 111 Å². The van der Waals surface area contributed by atoms with E-state index in [0.717, 1.165) is 0 Å². The number of ether oxygens (including phenoxy) is 1. The van der Waals surface area contributed by atoms with Crippen LogP contribution in [0.25, 0.3) is 0 Å². The molecule has 0 radical (unpaired) electrons. The van der Waals surface area contributed by atoms with Gasteiger partial charge in [-0.3, -0.25) is 4.79 Å². The maximum Gasteiger partial charge on any atom is 0.374 e. The minimum Gasteiger partial charge on any atom is -0.460 e. The summed E-state index contributed by atoms with van der Waals surface area (Å²) < 4.78 is 4.61. The van der Waals surface area contributed by atoms with Gasteiger partial charge >= 0.3 is 5.97 Å². The molecule has 0 aromatic heterocycles. The maximum atomic E-state index is 11.7. The molecule has 2 unspecified atom stereocenters. The summed E-state index contributed by atoms with van der Waals surface area (Å²) in [4.78, 5) is 22.9. The highest BCUT2D eigenvalue weighted by Gasteiger charge is 2.29. The summed E-state index contributed by atoms with van der Waals surface area (Å²) in [6, 6.07) is 6.45. The highest BCUT2D eigenvalue weighted by Crippen LogP contribution is 2.24. The molecular weight excluding hydrogens is 256 g/mol. The van der Waals surface area contributed by atoms with Crippen molar-refractivity contribution in [1.29, 1.82) is 0 Å². The van der Waals surface area contributed by atoms with Crippen molar-refractivity contribution >= 4 is 23.4 Å². The van der Waals surface area contributed by atoms with E-state index < -0.39 is 23.8 Å². The zero-order chi connectivity index (χ0) is 13.7. The van der Waals surface area contributed by atoms with Gasteiger partial charge < -0.3 is 9.84 Å². The largest absolute Gasteiger partial charge is 0.460 e. The molecule has 18 heavy (non-hydrogen) atoms. The molecule has 0 saturated carbocycles. The van der Waals surface area contributed by atoms with Gasteiger partial charge in [0, 0.05) is 5.02 Å². The average molecular weight is 271 g/mol. The summed E-state index contributed by atoms with van der Waals surface area (Å²) in [5.41, 5.74) is 0.532. The number of hydrogen-bond donors (Lipinski definition) is 1. The SMILES string of the molecule is CCOC(=O)C(=O)C(C)C(O)c1ccc(Cl)cc1. The normalized spacial score (nSPS) is 13.8. The van der Waals surface area contributed by atoms with Gasteiger partial charge in [-0.2, -0.15) is 0 Å². The van der Waals surface area contributed by atoms with Crippen LogP contribution in [0.4, 0.5) is 0 Å². The first-order chi connectivity index (χ1) is 8.47. The number of Topliss-reactive ketones (excluding diaryl/α,β-unsaturated/α-hetero) is 1. The number of benzene rings is 1. The van der Waals surface area contributed by atoms with Crippen molar-refractivity contribution < 1.29 is 19.4 Å². The zero-order valence-corrected chi connectivity index (χ0v) is 11.0. The van der Waals surface area contributed by atoms with Crippen LogP contribution in [0.15, 0.2) is 24.3 Å². The van der Waals surface area contributed by atoms with Crippen LogP contribution in [0.2, 0.25) is 5.02 Å². The lowest BCUT2D eigenvalue weighted by molar-refractivity contribution is -0.156. The average Bonchev–Trinajstić information content (AvgIpc) is 2.37. The lowest BCUT2D eigenvalue weighted by Crippen LogP contribution is -2.28. The molecule has 98 valence electrons. The summed E-state index contributed by atoms with van der Waals surface area (Å²) in [5, 5.41) is 10.5. The van der Waals surface area contributed by atoms with Crippen molar-refractivity contribution in [3.63, 3.8) is 0 Å². The highest BCUT2D eigenvalue weighted by atomic mass is 35.5. The molecule has 0 bridgehead atoms. The molecule has 1 aromatic carbocycles. The van der Waals surface area contributed by atoms with Gasteiger partial charge in [-0.05, 0) is 24.6 Å². The second-order valence-electron chi connectivity index (χ2n) is 3.87. The molecule has 1 aromatic rings. The first kappa shape index (κ1) is 14.7. The summed E-state index contributed by atoms with van der Waals surface area (Å²) in [7, 11) is 0. The van der Waals surface area contributed by atoms with Crippen molar-refractivity contribution in [1.82, 2.24) is 0 Å². The van der Waals surface area contributed by atoms with Crippen LogP contribution in [-0.4, -0.2) is 23.5 Å². The van der Waals surface area contributed by atoms with Crippen molar-refractivity contribution in [2.45, 2.75) is 20.0 Å². The third-order valence-corrected chi connectivity index (χ3v) is 2.83. The quantitative estimate of drug-likeness (QED) is 0.658. The molecule has 2 atom stereocenters. The van der Waals surface area contributed by atoms with Gasteiger partial charge in [0.1, 0.15) is 0 Å². The summed E-state index contributed by atoms with van der Waals surface area (Å²) >= 11 is 5.73. The fourth-order valence-corrected chi connectivity index (χ4v) is 1.61. The number of rotatable bonds is 5. The lowest BCUT2D eigenvalue weighted by Gasteiger charge is -2.17. The highest BCUT2D eigenvalue weighted by molar-refractivity contribution is 6.34. The summed E-state index contributed by atoms with van der Waals surface area (Å²) in [5.74, 6) is -2.51. The number of carbonyl (C=O) groups excluding carboxylic acids is 2. The molecule has 4 nitrogen and oxygen atoms in total. The van der Waals surface area contributed by atoms with Crippen LogP contribution < -0.4 is 0 Å². The van der Waals surface area contributed by atoms with Crippen LogP contribution in [0.5, 0.6) is 0 Å². The van der Waals surface area contributed by atoms with E-state index in [9.17, 15) is 14.7 Å². The number of aliphatic hydroxyl groups is 1. The zero-order valence-electron chi connectivity index (χ0n) is 10.2. The molecule has 1 rings (SSSR count). The molecule has 0 saturated heterocycles. The Morgan fingerprint density at radius 1 is 1.33 bits per heavy atom. The standard InChI is InChI=1S/C13H15ClO4/c1-3-18-13(17)12(16)8(2)11(15)9-4-6-10(14)7-5-9/h4-8,11,15H,3H2,1-2H3. The van der Waals surface area contributed by atoms with Gasteiger partial charge in [0.05, 0.1) is 18.6 Å². The molecule has 0 aliphatic heterocycles. The van der Waals surface area contributed by atoms with Crippen LogP contribution in [0, 0.1) is 5.92 Å². The Hall–Kier alpha value is -1.39. The number of esters is 1. The first-order valence-corrected chi connectivity index (χ1v) is 5.99. The van der Waals surface area contributed by atoms with Gasteiger partial charge in [0.15, 0.2) is 0 Å². The van der Waals surface area contributed by atoms with Gasteiger partial charge in [0.2, 0.25) is 5.78 Å². The smallest absolute Gasteiger partial charge is 0.374 e. The molecule has 0 fully saturated rings. The Morgan fingerprint density at radius 2 is 1.89 bits per heavy atom. The van der Waals surface area contributed by atoms with E-state index in [4.69, 9.17) is 11.6 Å². The molecule has 0 amide bonds. The number of ketones is 1. The topological polar surface area (TPSA) is 63.6 Å².